The molecule has 5 nitrogen and oxygen atoms in total. The second-order valence-corrected chi connectivity index (χ2v) is 6.79. The fourth-order valence-electron chi connectivity index (χ4n) is 2.76. The van der Waals surface area contributed by atoms with Gasteiger partial charge in [-0.05, 0) is 44.4 Å². The predicted octanol–water partition coefficient (Wildman–Crippen LogP) is 3.12. The van der Waals surface area contributed by atoms with E-state index in [1.807, 2.05) is 0 Å². The van der Waals surface area contributed by atoms with Gasteiger partial charge in [-0.25, -0.2) is 4.79 Å². The first-order valence-corrected chi connectivity index (χ1v) is 8.37. The molecule has 0 aliphatic heterocycles. The van der Waals surface area contributed by atoms with Crippen LogP contribution >= 0.6 is 11.3 Å². The van der Waals surface area contributed by atoms with Crippen LogP contribution in [0.4, 0.5) is 10.7 Å². The molecule has 0 amide bonds. The van der Waals surface area contributed by atoms with Gasteiger partial charge >= 0.3 is 5.97 Å². The zero-order valence-corrected chi connectivity index (χ0v) is 13.3. The molecule has 0 saturated heterocycles. The minimum Gasteiger partial charge on any atom is -0.492 e. The highest BCUT2D eigenvalue weighted by Gasteiger charge is 2.42. The van der Waals surface area contributed by atoms with Crippen molar-refractivity contribution in [1.29, 1.82) is 0 Å². The normalized spacial score (nSPS) is 17.9. The number of esters is 1. The lowest BCUT2D eigenvalue weighted by Crippen LogP contribution is -2.23. The molecule has 3 N–H and O–H groups in total. The van der Waals surface area contributed by atoms with Crippen molar-refractivity contribution in [2.45, 2.75) is 38.6 Å². The van der Waals surface area contributed by atoms with Gasteiger partial charge in [-0.3, -0.25) is 0 Å². The Balaban J connectivity index is 1.83. The van der Waals surface area contributed by atoms with Crippen LogP contribution in [-0.4, -0.2) is 25.7 Å². The molecular weight excluding hydrogens is 288 g/mol. The molecule has 2 fully saturated rings. The Morgan fingerprint density at radius 3 is 2.48 bits per heavy atom. The van der Waals surface area contributed by atoms with Gasteiger partial charge in [0.2, 0.25) is 0 Å². The molecule has 0 bridgehead atoms. The van der Waals surface area contributed by atoms with E-state index in [-0.39, 0.29) is 5.97 Å². The number of ether oxygens (including phenoxy) is 2. The summed E-state index contributed by atoms with van der Waals surface area (Å²) in [6.45, 7) is 2.13. The SMILES string of the molecule is CCOC(=O)c1sc(NC(C2CC2)C2CC2)c(OC)c1N. The highest BCUT2D eigenvalue weighted by molar-refractivity contribution is 7.19. The minimum atomic E-state index is -0.374. The van der Waals surface area contributed by atoms with Crippen LogP contribution < -0.4 is 15.8 Å². The summed E-state index contributed by atoms with van der Waals surface area (Å²) in [5, 5.41) is 4.45. The second kappa shape index (κ2) is 5.75. The maximum atomic E-state index is 12.0. The molecule has 6 heteroatoms. The molecule has 1 heterocycles. The third kappa shape index (κ3) is 2.95. The first-order valence-electron chi connectivity index (χ1n) is 7.55. The standard InChI is InChI=1S/C15H22N2O3S/c1-3-20-15(18)13-10(16)12(19-2)14(21-13)17-11(8-4-5-8)9-6-7-9/h8-9,11,17H,3-7,16H2,1-2H3. The quantitative estimate of drug-likeness (QED) is 0.757. The number of carbonyl (C=O) groups excluding carboxylic acids is 1. The molecule has 21 heavy (non-hydrogen) atoms. The van der Waals surface area contributed by atoms with Crippen LogP contribution in [0, 0.1) is 11.8 Å². The maximum Gasteiger partial charge on any atom is 0.350 e. The Morgan fingerprint density at radius 2 is 2.00 bits per heavy atom. The zero-order valence-electron chi connectivity index (χ0n) is 12.5. The smallest absolute Gasteiger partial charge is 0.350 e. The van der Waals surface area contributed by atoms with Gasteiger partial charge in [0.15, 0.2) is 5.75 Å². The van der Waals surface area contributed by atoms with Crippen molar-refractivity contribution in [3.8, 4) is 5.75 Å². The number of hydrogen-bond acceptors (Lipinski definition) is 6. The van der Waals surface area contributed by atoms with E-state index in [0.717, 1.165) is 16.8 Å². The molecule has 0 spiro atoms. The van der Waals surface area contributed by atoms with Gasteiger partial charge in [-0.1, -0.05) is 0 Å². The molecule has 0 aromatic carbocycles. The average molecular weight is 310 g/mol. The largest absolute Gasteiger partial charge is 0.492 e. The van der Waals surface area contributed by atoms with Gasteiger partial charge in [0.05, 0.1) is 13.7 Å². The third-order valence-corrected chi connectivity index (χ3v) is 5.22. The highest BCUT2D eigenvalue weighted by Crippen LogP contribution is 2.49. The van der Waals surface area contributed by atoms with E-state index in [2.05, 4.69) is 5.32 Å². The molecule has 2 aliphatic carbocycles. The zero-order chi connectivity index (χ0) is 15.0. The third-order valence-electron chi connectivity index (χ3n) is 4.12. The number of rotatable bonds is 7. The van der Waals surface area contributed by atoms with E-state index >= 15 is 0 Å². The maximum absolute atomic E-state index is 12.0. The van der Waals surface area contributed by atoms with Crippen LogP contribution in [0.25, 0.3) is 0 Å². The summed E-state index contributed by atoms with van der Waals surface area (Å²) >= 11 is 1.34. The lowest BCUT2D eigenvalue weighted by atomic mass is 10.1. The molecule has 1 aromatic heterocycles. The number of nitrogen functional groups attached to an aromatic ring is 1. The molecule has 0 unspecified atom stereocenters. The Bertz CT molecular complexity index is 523. The van der Waals surface area contributed by atoms with Crippen LogP contribution in [0.2, 0.25) is 0 Å². The molecular formula is C15H22N2O3S. The van der Waals surface area contributed by atoms with Crippen molar-refractivity contribution in [3.05, 3.63) is 4.88 Å². The highest BCUT2D eigenvalue weighted by atomic mass is 32.1. The molecule has 0 atom stereocenters. The molecule has 116 valence electrons. The van der Waals surface area contributed by atoms with Crippen molar-refractivity contribution in [1.82, 2.24) is 0 Å². The number of carbonyl (C=O) groups is 1. The van der Waals surface area contributed by atoms with Crippen LogP contribution in [0.3, 0.4) is 0 Å². The van der Waals surface area contributed by atoms with E-state index in [4.69, 9.17) is 15.2 Å². The lowest BCUT2D eigenvalue weighted by Gasteiger charge is -2.18. The number of anilines is 2. The summed E-state index contributed by atoms with van der Waals surface area (Å²) in [6, 6.07) is 0.493. The van der Waals surface area contributed by atoms with E-state index in [1.165, 1.54) is 37.0 Å². The van der Waals surface area contributed by atoms with Crippen LogP contribution in [-0.2, 0) is 4.74 Å². The van der Waals surface area contributed by atoms with Crippen LogP contribution in [0.5, 0.6) is 5.75 Å². The van der Waals surface area contributed by atoms with Crippen LogP contribution in [0.1, 0.15) is 42.3 Å². The summed E-state index contributed by atoms with van der Waals surface area (Å²) in [7, 11) is 1.59. The Morgan fingerprint density at radius 1 is 1.38 bits per heavy atom. The Kier molecular flexibility index (Phi) is 3.97. The monoisotopic (exact) mass is 310 g/mol. The molecule has 3 rings (SSSR count). The predicted molar refractivity (Wildman–Crippen MR) is 84.1 cm³/mol. The van der Waals surface area contributed by atoms with Crippen molar-refractivity contribution < 1.29 is 14.3 Å². The molecule has 2 aliphatic rings. The molecule has 1 aromatic rings. The first-order chi connectivity index (χ1) is 10.2. The van der Waals surface area contributed by atoms with Crippen molar-refractivity contribution >= 4 is 28.0 Å². The summed E-state index contributed by atoms with van der Waals surface area (Å²) in [5.41, 5.74) is 6.43. The van der Waals surface area contributed by atoms with Gasteiger partial charge in [0.25, 0.3) is 0 Å². The van der Waals surface area contributed by atoms with Crippen LogP contribution in [0.15, 0.2) is 0 Å². The number of nitrogens with one attached hydrogen (secondary N) is 1. The minimum absolute atomic E-state index is 0.341. The lowest BCUT2D eigenvalue weighted by molar-refractivity contribution is 0.0533. The van der Waals surface area contributed by atoms with E-state index < -0.39 is 0 Å². The van der Waals surface area contributed by atoms with E-state index in [0.29, 0.717) is 29.0 Å². The fourth-order valence-corrected chi connectivity index (χ4v) is 3.79. The summed E-state index contributed by atoms with van der Waals surface area (Å²) in [4.78, 5) is 12.4. The Hall–Kier alpha value is -1.43. The van der Waals surface area contributed by atoms with Gasteiger partial charge in [-0.15, -0.1) is 11.3 Å². The fraction of sp³-hybridized carbons (Fsp3) is 0.667. The van der Waals surface area contributed by atoms with E-state index in [1.54, 1.807) is 14.0 Å². The van der Waals surface area contributed by atoms with Crippen molar-refractivity contribution in [2.75, 3.05) is 24.8 Å². The molecule has 0 radical (unpaired) electrons. The van der Waals surface area contributed by atoms with Crippen molar-refractivity contribution in [2.24, 2.45) is 11.8 Å². The second-order valence-electron chi connectivity index (χ2n) is 5.77. The average Bonchev–Trinajstić information content (AvgIpc) is 3.35. The summed E-state index contributed by atoms with van der Waals surface area (Å²) in [5.74, 6) is 1.73. The topological polar surface area (TPSA) is 73.6 Å². The van der Waals surface area contributed by atoms with Gasteiger partial charge < -0.3 is 20.5 Å². The Labute approximate surface area is 128 Å². The summed E-state index contributed by atoms with van der Waals surface area (Å²) < 4.78 is 10.5. The number of thiophene rings is 1. The molecule has 2 saturated carbocycles. The number of methoxy groups -OCH3 is 1. The van der Waals surface area contributed by atoms with E-state index in [9.17, 15) is 4.79 Å². The number of nitrogens with two attached hydrogens (primary N) is 1. The number of hydrogen-bond donors (Lipinski definition) is 2. The van der Waals surface area contributed by atoms with Crippen molar-refractivity contribution in [3.63, 3.8) is 0 Å². The van der Waals surface area contributed by atoms with Gasteiger partial charge in [0.1, 0.15) is 15.6 Å². The first kappa shape index (κ1) is 14.5. The summed E-state index contributed by atoms with van der Waals surface area (Å²) in [6.07, 6.45) is 5.17. The van der Waals surface area contributed by atoms with Gasteiger partial charge in [-0.2, -0.15) is 0 Å². The van der Waals surface area contributed by atoms with Gasteiger partial charge in [0, 0.05) is 6.04 Å².